The van der Waals surface area contributed by atoms with E-state index >= 15 is 0 Å². The maximum Gasteiger partial charge on any atom is 0.248 e. The predicted molar refractivity (Wildman–Crippen MR) is 133 cm³/mol. The van der Waals surface area contributed by atoms with Crippen LogP contribution >= 0.6 is 35.6 Å². The minimum absolute atomic E-state index is 0. The first kappa shape index (κ1) is 24.5. The van der Waals surface area contributed by atoms with Crippen LogP contribution in [0.1, 0.15) is 24.3 Å². The van der Waals surface area contributed by atoms with Crippen molar-refractivity contribution < 1.29 is 9.05 Å². The summed E-state index contributed by atoms with van der Waals surface area (Å²) in [6, 6.07) is 9.32. The second kappa shape index (κ2) is 11.6. The van der Waals surface area contributed by atoms with Crippen LogP contribution in [-0.2, 0) is 13.1 Å². The summed E-state index contributed by atoms with van der Waals surface area (Å²) in [6.07, 6.45) is 0. The van der Waals surface area contributed by atoms with Crippen LogP contribution in [0.4, 0.5) is 0 Å². The van der Waals surface area contributed by atoms with Crippen LogP contribution in [0.25, 0.3) is 11.4 Å². The molecule has 0 atom stereocenters. The van der Waals surface area contributed by atoms with Crippen molar-refractivity contribution in [1.29, 1.82) is 0 Å². The maximum absolute atomic E-state index is 5.94. The molecule has 0 spiro atoms. The van der Waals surface area contributed by atoms with Gasteiger partial charge in [0.25, 0.3) is 0 Å². The molecule has 3 aromatic rings. The zero-order valence-corrected chi connectivity index (χ0v) is 21.2. The van der Waals surface area contributed by atoms with Crippen molar-refractivity contribution in [1.82, 2.24) is 30.4 Å². The average molecular weight is 572 g/mol. The molecule has 0 amide bonds. The maximum atomic E-state index is 5.94. The molecular weight excluding hydrogens is 545 g/mol. The van der Waals surface area contributed by atoms with E-state index in [1.54, 1.807) is 12.1 Å². The van der Waals surface area contributed by atoms with E-state index in [4.69, 9.17) is 25.6 Å². The molecule has 1 fully saturated rings. The van der Waals surface area contributed by atoms with E-state index in [1.165, 1.54) is 0 Å². The molecule has 2 aromatic heterocycles. The molecule has 0 saturated carbocycles. The molecular formula is C21H27ClIN7O2. The molecule has 172 valence electrons. The number of aliphatic imine (C=N–C) groups is 1. The van der Waals surface area contributed by atoms with Gasteiger partial charge in [-0.2, -0.15) is 4.98 Å². The Morgan fingerprint density at radius 2 is 1.88 bits per heavy atom. The van der Waals surface area contributed by atoms with Gasteiger partial charge in [0, 0.05) is 55.9 Å². The van der Waals surface area contributed by atoms with Crippen molar-refractivity contribution in [2.45, 2.75) is 26.9 Å². The SMILES string of the molecule is CCNC(=NCc1nc(-c2ccc(Cl)cc2)no1)N1CCN(Cc2cc(C)on2)CC1.I. The van der Waals surface area contributed by atoms with E-state index < -0.39 is 0 Å². The van der Waals surface area contributed by atoms with Gasteiger partial charge in [0.1, 0.15) is 12.3 Å². The van der Waals surface area contributed by atoms with Crippen molar-refractivity contribution >= 4 is 41.5 Å². The normalized spacial score (nSPS) is 15.0. The fourth-order valence-corrected chi connectivity index (χ4v) is 3.57. The topological polar surface area (TPSA) is 95.8 Å². The Balaban J connectivity index is 0.00000289. The first-order chi connectivity index (χ1) is 15.1. The lowest BCUT2D eigenvalue weighted by Gasteiger charge is -2.36. The van der Waals surface area contributed by atoms with Crippen molar-refractivity contribution in [3.8, 4) is 11.4 Å². The summed E-state index contributed by atoms with van der Waals surface area (Å²) in [7, 11) is 0. The molecule has 0 unspecified atom stereocenters. The van der Waals surface area contributed by atoms with Gasteiger partial charge >= 0.3 is 0 Å². The Bertz CT molecular complexity index is 1010. The average Bonchev–Trinajstić information content (AvgIpc) is 3.41. The summed E-state index contributed by atoms with van der Waals surface area (Å²) in [6.45, 7) is 9.49. The Hall–Kier alpha value is -2.18. The first-order valence-electron chi connectivity index (χ1n) is 10.4. The molecule has 11 heteroatoms. The highest BCUT2D eigenvalue weighted by atomic mass is 127. The molecule has 3 heterocycles. The summed E-state index contributed by atoms with van der Waals surface area (Å²) in [5.74, 6) is 2.70. The number of nitrogens with zero attached hydrogens (tertiary/aromatic N) is 6. The molecule has 0 radical (unpaired) electrons. The van der Waals surface area contributed by atoms with Crippen molar-refractivity contribution in [3.05, 3.63) is 52.7 Å². The van der Waals surface area contributed by atoms with Crippen molar-refractivity contribution in [2.75, 3.05) is 32.7 Å². The van der Waals surface area contributed by atoms with Crippen LogP contribution in [0, 0.1) is 6.92 Å². The molecule has 0 aliphatic carbocycles. The quantitative estimate of drug-likeness (QED) is 0.273. The van der Waals surface area contributed by atoms with Crippen LogP contribution in [0.2, 0.25) is 5.02 Å². The highest BCUT2D eigenvalue weighted by Gasteiger charge is 2.21. The van der Waals surface area contributed by atoms with Crippen molar-refractivity contribution in [3.63, 3.8) is 0 Å². The molecule has 4 rings (SSSR count). The molecule has 0 bridgehead atoms. The van der Waals surface area contributed by atoms with E-state index in [0.717, 1.165) is 62.2 Å². The number of guanidine groups is 1. The van der Waals surface area contributed by atoms with Crippen LogP contribution in [0.3, 0.4) is 0 Å². The lowest BCUT2D eigenvalue weighted by molar-refractivity contribution is 0.169. The standard InChI is InChI=1S/C21H26ClN7O2.HI/c1-3-23-21(29-10-8-28(9-11-29)14-18-12-15(2)30-26-18)24-13-19-25-20(27-31-19)16-4-6-17(22)7-5-16;/h4-7,12H,3,8-11,13-14H2,1-2H3,(H,23,24);1H. The van der Waals surface area contributed by atoms with Crippen LogP contribution < -0.4 is 5.32 Å². The van der Waals surface area contributed by atoms with Crippen molar-refractivity contribution in [2.24, 2.45) is 4.99 Å². The number of halogens is 2. The third-order valence-corrected chi connectivity index (χ3v) is 5.26. The lowest BCUT2D eigenvalue weighted by Crippen LogP contribution is -2.52. The van der Waals surface area contributed by atoms with E-state index in [9.17, 15) is 0 Å². The summed E-state index contributed by atoms with van der Waals surface area (Å²) in [4.78, 5) is 13.8. The zero-order chi connectivity index (χ0) is 21.6. The molecule has 32 heavy (non-hydrogen) atoms. The first-order valence-corrected chi connectivity index (χ1v) is 10.7. The smallest absolute Gasteiger partial charge is 0.248 e. The number of hydrogen-bond acceptors (Lipinski definition) is 7. The second-order valence-electron chi connectivity index (χ2n) is 7.38. The third-order valence-electron chi connectivity index (χ3n) is 5.00. The molecule has 1 aliphatic rings. The van der Waals surface area contributed by atoms with E-state index in [0.29, 0.717) is 23.3 Å². The fraction of sp³-hybridized carbons (Fsp3) is 0.429. The molecule has 1 N–H and O–H groups in total. The molecule has 1 aliphatic heterocycles. The van der Waals surface area contributed by atoms with Gasteiger partial charge < -0.3 is 19.3 Å². The summed E-state index contributed by atoms with van der Waals surface area (Å²) in [5, 5.41) is 12.2. The van der Waals surface area contributed by atoms with Gasteiger partial charge in [0.2, 0.25) is 11.7 Å². The van der Waals surface area contributed by atoms with Gasteiger partial charge in [-0.05, 0) is 38.1 Å². The van der Waals surface area contributed by atoms with Crippen LogP contribution in [0.5, 0.6) is 0 Å². The number of nitrogens with one attached hydrogen (secondary N) is 1. The Kier molecular flexibility index (Phi) is 8.88. The fourth-order valence-electron chi connectivity index (χ4n) is 3.44. The van der Waals surface area contributed by atoms with Crippen LogP contribution in [0.15, 0.2) is 44.4 Å². The van der Waals surface area contributed by atoms with Gasteiger partial charge in [-0.25, -0.2) is 4.99 Å². The second-order valence-corrected chi connectivity index (χ2v) is 7.82. The van der Waals surface area contributed by atoms with E-state index in [-0.39, 0.29) is 24.0 Å². The van der Waals surface area contributed by atoms with Gasteiger partial charge in [-0.1, -0.05) is 21.9 Å². The van der Waals surface area contributed by atoms with Gasteiger partial charge in [0.15, 0.2) is 5.96 Å². The van der Waals surface area contributed by atoms with Gasteiger partial charge in [0.05, 0.1) is 5.69 Å². The highest BCUT2D eigenvalue weighted by Crippen LogP contribution is 2.19. The lowest BCUT2D eigenvalue weighted by atomic mass is 10.2. The minimum atomic E-state index is 0. The summed E-state index contributed by atoms with van der Waals surface area (Å²) < 4.78 is 10.5. The Labute approximate surface area is 209 Å². The number of piperazine rings is 1. The van der Waals surface area contributed by atoms with Crippen LogP contribution in [-0.4, -0.2) is 63.8 Å². The highest BCUT2D eigenvalue weighted by molar-refractivity contribution is 14.0. The van der Waals surface area contributed by atoms with Gasteiger partial charge in [-0.15, -0.1) is 24.0 Å². The number of benzene rings is 1. The van der Waals surface area contributed by atoms with E-state index in [2.05, 4.69) is 37.3 Å². The number of rotatable bonds is 6. The number of hydrogen-bond donors (Lipinski definition) is 1. The third kappa shape index (κ3) is 6.42. The largest absolute Gasteiger partial charge is 0.361 e. The number of aromatic nitrogens is 3. The Morgan fingerprint density at radius 3 is 2.53 bits per heavy atom. The molecule has 9 nitrogen and oxygen atoms in total. The number of aryl methyl sites for hydroxylation is 1. The predicted octanol–water partition coefficient (Wildman–Crippen LogP) is 3.59. The Morgan fingerprint density at radius 1 is 1.12 bits per heavy atom. The zero-order valence-electron chi connectivity index (χ0n) is 18.1. The van der Waals surface area contributed by atoms with E-state index in [1.807, 2.05) is 25.1 Å². The molecule has 1 aromatic carbocycles. The van der Waals surface area contributed by atoms with Gasteiger partial charge in [-0.3, -0.25) is 4.90 Å². The molecule has 1 saturated heterocycles. The monoisotopic (exact) mass is 571 g/mol. The summed E-state index contributed by atoms with van der Waals surface area (Å²) >= 11 is 5.94. The summed E-state index contributed by atoms with van der Waals surface area (Å²) in [5.41, 5.74) is 1.83. The minimum Gasteiger partial charge on any atom is -0.361 e.